The van der Waals surface area contributed by atoms with Crippen LogP contribution < -0.4 is 4.72 Å². The fourth-order valence-corrected chi connectivity index (χ4v) is 3.77. The van der Waals surface area contributed by atoms with Crippen molar-refractivity contribution in [3.05, 3.63) is 88.7 Å². The maximum Gasteiger partial charge on any atom is 0.261 e. The number of nitrogens with zero attached hydrogens (tertiary/aromatic N) is 1. The fraction of sp³-hybridized carbons (Fsp3) is 0.0500. The molecular formula is C20H15ClN2O4S. The highest BCUT2D eigenvalue weighted by atomic mass is 35.5. The van der Waals surface area contributed by atoms with Crippen molar-refractivity contribution in [3.8, 4) is 0 Å². The molecule has 0 aliphatic heterocycles. The summed E-state index contributed by atoms with van der Waals surface area (Å²) in [7, 11) is -3.98. The Morgan fingerprint density at radius 1 is 1.00 bits per heavy atom. The molecule has 8 heteroatoms. The second-order valence-corrected chi connectivity index (χ2v) is 8.07. The van der Waals surface area contributed by atoms with E-state index in [9.17, 15) is 18.0 Å². The van der Waals surface area contributed by atoms with Gasteiger partial charge in [0.05, 0.1) is 10.6 Å². The summed E-state index contributed by atoms with van der Waals surface area (Å²) in [5.41, 5.74) is 0.896. The second-order valence-electron chi connectivity index (χ2n) is 5.95. The Labute approximate surface area is 167 Å². The third-order valence-electron chi connectivity index (χ3n) is 3.97. The lowest BCUT2D eigenvalue weighted by molar-refractivity contribution is 0.101. The first kappa shape index (κ1) is 19.7. The maximum absolute atomic E-state index is 12.8. The predicted molar refractivity (Wildman–Crippen MR) is 106 cm³/mol. The topological polar surface area (TPSA) is 93.2 Å². The summed E-state index contributed by atoms with van der Waals surface area (Å²) in [4.78, 5) is 28.0. The van der Waals surface area contributed by atoms with E-state index < -0.39 is 15.8 Å². The number of aromatic nitrogens is 1. The van der Waals surface area contributed by atoms with Crippen LogP contribution in [0.1, 0.15) is 33.2 Å². The van der Waals surface area contributed by atoms with Crippen molar-refractivity contribution in [1.82, 2.24) is 4.98 Å². The van der Waals surface area contributed by atoms with Crippen LogP contribution in [0.3, 0.4) is 0 Å². The molecule has 1 heterocycles. The summed E-state index contributed by atoms with van der Waals surface area (Å²) in [6.45, 7) is 1.39. The van der Waals surface area contributed by atoms with Crippen LogP contribution in [0.15, 0.2) is 71.9 Å². The lowest BCUT2D eigenvalue weighted by Crippen LogP contribution is -2.16. The first-order valence-electron chi connectivity index (χ1n) is 8.16. The standard InChI is InChI=1S/C20H15ClN2O4S/c1-13(24)14-4-7-17(8-5-14)28(26,27)23-19-9-6-16(21)11-18(19)20(25)15-3-2-10-22-12-15/h2-12,23H,1H3. The minimum atomic E-state index is -3.98. The molecule has 6 nitrogen and oxygen atoms in total. The number of hydrogen-bond donors (Lipinski definition) is 1. The third kappa shape index (κ3) is 4.27. The van der Waals surface area contributed by atoms with Crippen LogP contribution in [-0.4, -0.2) is 25.0 Å². The van der Waals surface area contributed by atoms with Crippen molar-refractivity contribution in [2.45, 2.75) is 11.8 Å². The average Bonchev–Trinajstić information content (AvgIpc) is 2.69. The Balaban J connectivity index is 1.98. The number of Topliss-reactive ketones (excluding diaryl/α,β-unsaturated/α-hetero) is 1. The molecule has 0 bridgehead atoms. The highest BCUT2D eigenvalue weighted by molar-refractivity contribution is 7.92. The van der Waals surface area contributed by atoms with E-state index in [2.05, 4.69) is 9.71 Å². The minimum absolute atomic E-state index is 0.0350. The summed E-state index contributed by atoms with van der Waals surface area (Å²) < 4.78 is 27.9. The van der Waals surface area contributed by atoms with E-state index in [1.807, 2.05) is 0 Å². The quantitative estimate of drug-likeness (QED) is 0.616. The van der Waals surface area contributed by atoms with Gasteiger partial charge in [0.15, 0.2) is 11.6 Å². The number of hydrogen-bond acceptors (Lipinski definition) is 5. The summed E-state index contributed by atoms with van der Waals surface area (Å²) in [5.74, 6) is -0.584. The minimum Gasteiger partial charge on any atom is -0.295 e. The van der Waals surface area contributed by atoms with Crippen molar-refractivity contribution in [1.29, 1.82) is 0 Å². The van der Waals surface area contributed by atoms with Crippen LogP contribution in [-0.2, 0) is 10.0 Å². The number of anilines is 1. The highest BCUT2D eigenvalue weighted by Crippen LogP contribution is 2.26. The zero-order chi connectivity index (χ0) is 20.3. The molecule has 2 aromatic carbocycles. The molecule has 0 saturated carbocycles. The smallest absolute Gasteiger partial charge is 0.261 e. The van der Waals surface area contributed by atoms with Crippen LogP contribution >= 0.6 is 11.6 Å². The van der Waals surface area contributed by atoms with Crippen molar-refractivity contribution in [3.63, 3.8) is 0 Å². The number of pyridine rings is 1. The lowest BCUT2D eigenvalue weighted by atomic mass is 10.0. The van der Waals surface area contributed by atoms with Gasteiger partial charge in [0.2, 0.25) is 0 Å². The van der Waals surface area contributed by atoms with Gasteiger partial charge in [0, 0.05) is 34.1 Å². The monoisotopic (exact) mass is 414 g/mol. The van der Waals surface area contributed by atoms with Crippen molar-refractivity contribution >= 4 is 38.9 Å². The molecule has 3 rings (SSSR count). The van der Waals surface area contributed by atoms with Gasteiger partial charge in [-0.3, -0.25) is 19.3 Å². The van der Waals surface area contributed by atoms with E-state index in [-0.39, 0.29) is 21.9 Å². The Hall–Kier alpha value is -3.03. The molecule has 142 valence electrons. The van der Waals surface area contributed by atoms with Crippen molar-refractivity contribution in [2.75, 3.05) is 4.72 Å². The predicted octanol–water partition coefficient (Wildman–Crippen LogP) is 3.97. The summed E-state index contributed by atoms with van der Waals surface area (Å²) in [5, 5.41) is 0.293. The highest BCUT2D eigenvalue weighted by Gasteiger charge is 2.20. The molecule has 0 amide bonds. The number of halogens is 1. The Morgan fingerprint density at radius 3 is 2.32 bits per heavy atom. The number of carbonyl (C=O) groups is 2. The van der Waals surface area contributed by atoms with Gasteiger partial charge < -0.3 is 0 Å². The van der Waals surface area contributed by atoms with Crippen LogP contribution in [0.2, 0.25) is 5.02 Å². The van der Waals surface area contributed by atoms with Gasteiger partial charge in [-0.1, -0.05) is 23.7 Å². The van der Waals surface area contributed by atoms with Crippen LogP contribution in [0.5, 0.6) is 0 Å². The molecule has 0 aliphatic carbocycles. The average molecular weight is 415 g/mol. The Kier molecular flexibility index (Phi) is 5.58. The van der Waals surface area contributed by atoms with E-state index in [0.29, 0.717) is 16.1 Å². The first-order chi connectivity index (χ1) is 13.3. The molecule has 0 unspecified atom stereocenters. The van der Waals surface area contributed by atoms with E-state index in [1.165, 1.54) is 61.8 Å². The molecule has 1 N–H and O–H groups in total. The Bertz CT molecular complexity index is 1140. The van der Waals surface area contributed by atoms with Gasteiger partial charge in [0.25, 0.3) is 10.0 Å². The molecule has 0 fully saturated rings. The number of nitrogens with one attached hydrogen (secondary N) is 1. The molecule has 0 aliphatic rings. The molecule has 0 atom stereocenters. The molecule has 1 aromatic heterocycles. The molecule has 0 saturated heterocycles. The van der Waals surface area contributed by atoms with Crippen molar-refractivity contribution < 1.29 is 18.0 Å². The number of benzene rings is 2. The molecule has 28 heavy (non-hydrogen) atoms. The maximum atomic E-state index is 12.8. The van der Waals surface area contributed by atoms with Gasteiger partial charge in [-0.2, -0.15) is 0 Å². The Morgan fingerprint density at radius 2 is 1.71 bits per heavy atom. The zero-order valence-corrected chi connectivity index (χ0v) is 16.3. The van der Waals surface area contributed by atoms with Crippen molar-refractivity contribution in [2.24, 2.45) is 0 Å². The molecule has 0 spiro atoms. The van der Waals surface area contributed by atoms with Crippen LogP contribution in [0.4, 0.5) is 5.69 Å². The van der Waals surface area contributed by atoms with E-state index in [0.717, 1.165) is 0 Å². The zero-order valence-electron chi connectivity index (χ0n) is 14.7. The number of rotatable bonds is 6. The van der Waals surface area contributed by atoms with E-state index in [4.69, 9.17) is 11.6 Å². The molecule has 0 radical (unpaired) electrons. The summed E-state index contributed by atoms with van der Waals surface area (Å²) in [6.07, 6.45) is 2.92. The normalized spacial score (nSPS) is 11.1. The van der Waals surface area contributed by atoms with E-state index in [1.54, 1.807) is 12.1 Å². The number of sulfonamides is 1. The van der Waals surface area contributed by atoms with Gasteiger partial charge in [0.1, 0.15) is 0 Å². The largest absolute Gasteiger partial charge is 0.295 e. The lowest BCUT2D eigenvalue weighted by Gasteiger charge is -2.13. The van der Waals surface area contributed by atoms with Gasteiger partial charge in [-0.25, -0.2) is 8.42 Å². The van der Waals surface area contributed by atoms with Crippen LogP contribution in [0.25, 0.3) is 0 Å². The summed E-state index contributed by atoms with van der Waals surface area (Å²) >= 11 is 6.01. The SMILES string of the molecule is CC(=O)c1ccc(S(=O)(=O)Nc2ccc(Cl)cc2C(=O)c2cccnc2)cc1. The fourth-order valence-electron chi connectivity index (χ4n) is 2.52. The van der Waals surface area contributed by atoms with Crippen LogP contribution in [0, 0.1) is 0 Å². The molecular weight excluding hydrogens is 400 g/mol. The molecule has 3 aromatic rings. The van der Waals surface area contributed by atoms with E-state index >= 15 is 0 Å². The second kappa shape index (κ2) is 7.92. The third-order valence-corrected chi connectivity index (χ3v) is 5.58. The van der Waals surface area contributed by atoms with Gasteiger partial charge in [-0.15, -0.1) is 0 Å². The number of ketones is 2. The number of carbonyl (C=O) groups excluding carboxylic acids is 2. The van der Waals surface area contributed by atoms with Gasteiger partial charge >= 0.3 is 0 Å². The van der Waals surface area contributed by atoms with Gasteiger partial charge in [-0.05, 0) is 49.4 Å². The summed E-state index contributed by atoms with van der Waals surface area (Å²) in [6, 6.07) is 13.0. The first-order valence-corrected chi connectivity index (χ1v) is 10.0.